The minimum atomic E-state index is 0.0412. The molecule has 3 rings (SSSR count). The van der Waals surface area contributed by atoms with Gasteiger partial charge in [0, 0.05) is 11.1 Å². The molecule has 98 valence electrons. The predicted octanol–water partition coefficient (Wildman–Crippen LogP) is 1.87. The number of anilines is 2. The highest BCUT2D eigenvalue weighted by Crippen LogP contribution is 2.24. The van der Waals surface area contributed by atoms with Gasteiger partial charge in [-0.3, -0.25) is 0 Å². The van der Waals surface area contributed by atoms with Crippen molar-refractivity contribution in [3.8, 4) is 0 Å². The van der Waals surface area contributed by atoms with E-state index in [1.54, 1.807) is 17.7 Å². The molecule has 0 saturated carbocycles. The topological polar surface area (TPSA) is 105 Å². The SMILES string of the molecule is Cc1csc(C(C)Nc2nc(N)nc3nc[nH]c23)n1. The maximum absolute atomic E-state index is 5.67. The zero-order valence-corrected chi connectivity index (χ0v) is 11.3. The number of thiazole rings is 1. The molecule has 4 N–H and O–H groups in total. The Balaban J connectivity index is 1.94. The third kappa shape index (κ3) is 2.22. The van der Waals surface area contributed by atoms with Gasteiger partial charge in [-0.1, -0.05) is 0 Å². The van der Waals surface area contributed by atoms with E-state index in [1.165, 1.54) is 0 Å². The fraction of sp³-hybridized carbons (Fsp3) is 0.273. The zero-order valence-electron chi connectivity index (χ0n) is 10.5. The van der Waals surface area contributed by atoms with Crippen LogP contribution in [0.25, 0.3) is 11.2 Å². The molecule has 7 nitrogen and oxygen atoms in total. The standard InChI is InChI=1S/C11H13N7S/c1-5-3-19-10(15-5)6(2)16-9-7-8(14-4-13-7)17-11(12)18-9/h3-4,6H,1-2H3,(H4,12,13,14,16,17,18). The van der Waals surface area contributed by atoms with Gasteiger partial charge in [0.2, 0.25) is 5.95 Å². The molecular formula is C11H13N7S. The first-order valence-electron chi connectivity index (χ1n) is 5.78. The first-order valence-corrected chi connectivity index (χ1v) is 6.66. The van der Waals surface area contributed by atoms with E-state index in [2.05, 4.69) is 30.2 Å². The minimum absolute atomic E-state index is 0.0412. The number of hydrogen-bond acceptors (Lipinski definition) is 7. The van der Waals surface area contributed by atoms with Gasteiger partial charge >= 0.3 is 0 Å². The molecule has 8 heteroatoms. The number of aromatic amines is 1. The lowest BCUT2D eigenvalue weighted by Gasteiger charge is -2.12. The number of rotatable bonds is 3. The molecule has 3 heterocycles. The summed E-state index contributed by atoms with van der Waals surface area (Å²) in [4.78, 5) is 19.8. The number of fused-ring (bicyclic) bond motifs is 1. The maximum atomic E-state index is 5.67. The first-order chi connectivity index (χ1) is 9.13. The van der Waals surface area contributed by atoms with E-state index in [9.17, 15) is 0 Å². The average molecular weight is 275 g/mol. The number of nitrogens with two attached hydrogens (primary N) is 1. The lowest BCUT2D eigenvalue weighted by atomic mass is 10.3. The number of nitrogen functional groups attached to an aromatic ring is 1. The molecule has 0 aliphatic rings. The van der Waals surface area contributed by atoms with E-state index in [0.717, 1.165) is 16.2 Å². The number of hydrogen-bond donors (Lipinski definition) is 3. The number of nitrogens with one attached hydrogen (secondary N) is 2. The van der Waals surface area contributed by atoms with Crippen molar-refractivity contribution in [2.75, 3.05) is 11.1 Å². The van der Waals surface area contributed by atoms with Gasteiger partial charge in [-0.15, -0.1) is 11.3 Å². The molecule has 0 spiro atoms. The Labute approximate surface area is 113 Å². The van der Waals surface area contributed by atoms with Gasteiger partial charge in [-0.2, -0.15) is 9.97 Å². The van der Waals surface area contributed by atoms with Crippen LogP contribution in [0.15, 0.2) is 11.7 Å². The number of aryl methyl sites for hydroxylation is 1. The summed E-state index contributed by atoms with van der Waals surface area (Å²) in [6.45, 7) is 4.00. The maximum Gasteiger partial charge on any atom is 0.224 e. The first kappa shape index (κ1) is 11.8. The molecule has 1 unspecified atom stereocenters. The number of nitrogens with zero attached hydrogens (tertiary/aromatic N) is 4. The van der Waals surface area contributed by atoms with Crippen molar-refractivity contribution < 1.29 is 0 Å². The Morgan fingerprint density at radius 3 is 2.95 bits per heavy atom. The normalized spacial score (nSPS) is 12.7. The van der Waals surface area contributed by atoms with E-state index < -0.39 is 0 Å². The second-order valence-electron chi connectivity index (χ2n) is 4.22. The summed E-state index contributed by atoms with van der Waals surface area (Å²) >= 11 is 1.61. The van der Waals surface area contributed by atoms with E-state index in [0.29, 0.717) is 11.5 Å². The molecule has 0 radical (unpaired) electrons. The van der Waals surface area contributed by atoms with Crippen molar-refractivity contribution in [3.63, 3.8) is 0 Å². The summed E-state index contributed by atoms with van der Waals surface area (Å²) < 4.78 is 0. The minimum Gasteiger partial charge on any atom is -0.368 e. The van der Waals surface area contributed by atoms with Gasteiger partial charge in [0.15, 0.2) is 11.5 Å². The molecule has 19 heavy (non-hydrogen) atoms. The van der Waals surface area contributed by atoms with Crippen LogP contribution in [-0.2, 0) is 0 Å². The Hall–Kier alpha value is -2.22. The highest BCUT2D eigenvalue weighted by atomic mass is 32.1. The summed E-state index contributed by atoms with van der Waals surface area (Å²) in [5.41, 5.74) is 7.99. The van der Waals surface area contributed by atoms with Gasteiger partial charge in [-0.25, -0.2) is 9.97 Å². The van der Waals surface area contributed by atoms with Crippen molar-refractivity contribution in [2.45, 2.75) is 19.9 Å². The number of imidazole rings is 1. The van der Waals surface area contributed by atoms with Crippen LogP contribution < -0.4 is 11.1 Å². The Morgan fingerprint density at radius 1 is 1.37 bits per heavy atom. The van der Waals surface area contributed by atoms with Gasteiger partial charge < -0.3 is 16.0 Å². The lowest BCUT2D eigenvalue weighted by Crippen LogP contribution is -2.10. The monoisotopic (exact) mass is 275 g/mol. The van der Waals surface area contributed by atoms with E-state index >= 15 is 0 Å². The van der Waals surface area contributed by atoms with Crippen LogP contribution in [0.1, 0.15) is 23.7 Å². The van der Waals surface area contributed by atoms with Crippen LogP contribution in [0.3, 0.4) is 0 Å². The number of H-pyrrole nitrogens is 1. The molecular weight excluding hydrogens is 262 g/mol. The molecule has 0 amide bonds. The Morgan fingerprint density at radius 2 is 2.21 bits per heavy atom. The second-order valence-corrected chi connectivity index (χ2v) is 5.11. The molecule has 0 saturated heterocycles. The number of aromatic nitrogens is 5. The summed E-state index contributed by atoms with van der Waals surface area (Å²) in [7, 11) is 0. The molecule has 3 aromatic heterocycles. The second kappa shape index (κ2) is 4.47. The van der Waals surface area contributed by atoms with Gasteiger partial charge in [0.1, 0.15) is 10.5 Å². The summed E-state index contributed by atoms with van der Waals surface area (Å²) in [6, 6.07) is 0.0412. The quantitative estimate of drug-likeness (QED) is 0.674. The van der Waals surface area contributed by atoms with Gasteiger partial charge in [0.25, 0.3) is 0 Å². The van der Waals surface area contributed by atoms with Gasteiger partial charge in [0.05, 0.1) is 12.4 Å². The highest BCUT2D eigenvalue weighted by molar-refractivity contribution is 7.09. The van der Waals surface area contributed by atoms with Crippen LogP contribution in [0.2, 0.25) is 0 Å². The molecule has 0 bridgehead atoms. The van der Waals surface area contributed by atoms with Crippen molar-refractivity contribution >= 4 is 34.3 Å². The third-order valence-electron chi connectivity index (χ3n) is 2.66. The van der Waals surface area contributed by atoms with Crippen molar-refractivity contribution in [1.82, 2.24) is 24.9 Å². The predicted molar refractivity (Wildman–Crippen MR) is 75.0 cm³/mol. The van der Waals surface area contributed by atoms with E-state index in [-0.39, 0.29) is 12.0 Å². The Bertz CT molecular complexity index is 717. The van der Waals surface area contributed by atoms with Crippen LogP contribution in [0, 0.1) is 6.92 Å². The smallest absolute Gasteiger partial charge is 0.224 e. The highest BCUT2D eigenvalue weighted by Gasteiger charge is 2.14. The molecule has 3 aromatic rings. The molecule has 0 fully saturated rings. The van der Waals surface area contributed by atoms with Gasteiger partial charge in [-0.05, 0) is 13.8 Å². The zero-order chi connectivity index (χ0) is 13.4. The van der Waals surface area contributed by atoms with E-state index in [1.807, 2.05) is 19.2 Å². The largest absolute Gasteiger partial charge is 0.368 e. The summed E-state index contributed by atoms with van der Waals surface area (Å²) in [5.74, 6) is 0.838. The molecule has 1 atom stereocenters. The van der Waals surface area contributed by atoms with Crippen LogP contribution in [0.5, 0.6) is 0 Å². The average Bonchev–Trinajstić information content (AvgIpc) is 2.97. The van der Waals surface area contributed by atoms with Crippen LogP contribution >= 0.6 is 11.3 Å². The molecule has 0 aliphatic carbocycles. The van der Waals surface area contributed by atoms with E-state index in [4.69, 9.17) is 5.73 Å². The Kier molecular flexibility index (Phi) is 2.79. The molecule has 0 aliphatic heterocycles. The summed E-state index contributed by atoms with van der Waals surface area (Å²) in [6.07, 6.45) is 1.57. The fourth-order valence-electron chi connectivity index (χ4n) is 1.79. The van der Waals surface area contributed by atoms with Crippen molar-refractivity contribution in [1.29, 1.82) is 0 Å². The molecule has 0 aromatic carbocycles. The fourth-order valence-corrected chi connectivity index (χ4v) is 2.60. The third-order valence-corrected chi connectivity index (χ3v) is 3.81. The lowest BCUT2D eigenvalue weighted by molar-refractivity contribution is 0.856. The van der Waals surface area contributed by atoms with Crippen molar-refractivity contribution in [3.05, 3.63) is 22.4 Å². The summed E-state index contributed by atoms with van der Waals surface area (Å²) in [5, 5.41) is 6.31. The van der Waals surface area contributed by atoms with Crippen LogP contribution in [0.4, 0.5) is 11.8 Å². The van der Waals surface area contributed by atoms with Crippen LogP contribution in [-0.4, -0.2) is 24.9 Å². The van der Waals surface area contributed by atoms with Crippen molar-refractivity contribution in [2.24, 2.45) is 0 Å².